The molecule has 1 aliphatic rings. The number of ether oxygens (including phenoxy) is 2. The zero-order valence-electron chi connectivity index (χ0n) is 24.7. The van der Waals surface area contributed by atoms with E-state index in [-0.39, 0.29) is 31.1 Å². The van der Waals surface area contributed by atoms with Gasteiger partial charge in [-0.1, -0.05) is 105 Å². The quantitative estimate of drug-likeness (QED) is 0.248. The average molecular weight is 586 g/mol. The Morgan fingerprint density at radius 3 is 1.67 bits per heavy atom. The van der Waals surface area contributed by atoms with Crippen LogP contribution in [-0.4, -0.2) is 54.0 Å². The molecule has 9 nitrogen and oxygen atoms in total. The number of rotatable bonds is 14. The maximum absolute atomic E-state index is 13.8. The summed E-state index contributed by atoms with van der Waals surface area (Å²) >= 11 is 0. The summed E-state index contributed by atoms with van der Waals surface area (Å²) in [6.45, 7) is 5.63. The fraction of sp³-hybridized carbons (Fsp3) is 0.353. The first kappa shape index (κ1) is 31.4. The predicted octanol–water partition coefficient (Wildman–Crippen LogP) is 3.75. The molecule has 4 atom stereocenters. The molecule has 1 fully saturated rings. The third-order valence-electron chi connectivity index (χ3n) is 7.37. The maximum atomic E-state index is 13.8. The highest BCUT2D eigenvalue weighted by atomic mass is 16.6. The lowest BCUT2D eigenvalue weighted by Gasteiger charge is -2.27. The fourth-order valence-electron chi connectivity index (χ4n) is 4.70. The highest BCUT2D eigenvalue weighted by molar-refractivity contribution is 5.98. The van der Waals surface area contributed by atoms with E-state index in [2.05, 4.69) is 16.0 Å². The van der Waals surface area contributed by atoms with Crippen molar-refractivity contribution >= 4 is 23.7 Å². The molecule has 0 bridgehead atoms. The Kier molecular flexibility index (Phi) is 10.7. The van der Waals surface area contributed by atoms with Crippen molar-refractivity contribution in [3.63, 3.8) is 0 Å². The first-order valence-electron chi connectivity index (χ1n) is 14.5. The largest absolute Gasteiger partial charge is 0.445 e. The summed E-state index contributed by atoms with van der Waals surface area (Å²) in [6, 6.07) is 25.1. The standard InChI is InChI=1S/C34H39N3O6/c1-23(2)29(37-33(41)42-21-26-17-11-6-12-18-26)32(40)36-28(20-25-15-9-5-10-16-25)31(39)35-27(30(38)34(3)22-43-34)19-24-13-7-4-8-14-24/h4-18,23,27-29H,19-22H2,1-3H3,(H,35,39)(H,36,40)(H,37,41)/t27-,28-,29+,34+/m0/s1. The zero-order chi connectivity index (χ0) is 30.8. The molecule has 0 unspecified atom stereocenters. The molecular weight excluding hydrogens is 546 g/mol. The van der Waals surface area contributed by atoms with Crippen molar-refractivity contribution in [1.29, 1.82) is 0 Å². The molecule has 0 aromatic heterocycles. The van der Waals surface area contributed by atoms with E-state index in [9.17, 15) is 19.2 Å². The summed E-state index contributed by atoms with van der Waals surface area (Å²) in [7, 11) is 0. The van der Waals surface area contributed by atoms with Crippen LogP contribution in [0.4, 0.5) is 4.79 Å². The molecule has 0 aliphatic carbocycles. The summed E-state index contributed by atoms with van der Waals surface area (Å²) in [5, 5.41) is 8.35. The Labute approximate surface area is 252 Å². The minimum Gasteiger partial charge on any atom is -0.445 e. The van der Waals surface area contributed by atoms with Crippen molar-refractivity contribution in [2.45, 2.75) is 63.9 Å². The minimum absolute atomic E-state index is 0.0532. The molecule has 226 valence electrons. The van der Waals surface area contributed by atoms with Gasteiger partial charge in [-0.3, -0.25) is 14.4 Å². The number of ketones is 1. The number of amides is 3. The van der Waals surface area contributed by atoms with Crippen LogP contribution in [0.25, 0.3) is 0 Å². The molecule has 9 heteroatoms. The molecule has 0 radical (unpaired) electrons. The van der Waals surface area contributed by atoms with Gasteiger partial charge in [-0.15, -0.1) is 0 Å². The first-order valence-corrected chi connectivity index (χ1v) is 14.5. The minimum atomic E-state index is -1.02. The van der Waals surface area contributed by atoms with Crippen molar-refractivity contribution in [1.82, 2.24) is 16.0 Å². The van der Waals surface area contributed by atoms with Gasteiger partial charge < -0.3 is 25.4 Å². The van der Waals surface area contributed by atoms with Gasteiger partial charge in [0.05, 0.1) is 12.6 Å². The number of hydrogen-bond donors (Lipinski definition) is 3. The van der Waals surface area contributed by atoms with Gasteiger partial charge in [-0.05, 0) is 36.0 Å². The number of hydrogen-bond acceptors (Lipinski definition) is 6. The van der Waals surface area contributed by atoms with Crippen molar-refractivity contribution in [3.05, 3.63) is 108 Å². The van der Waals surface area contributed by atoms with E-state index in [4.69, 9.17) is 9.47 Å². The van der Waals surface area contributed by atoms with Gasteiger partial charge in [0.1, 0.15) is 24.3 Å². The van der Waals surface area contributed by atoms with E-state index in [1.165, 1.54) is 0 Å². The second-order valence-corrected chi connectivity index (χ2v) is 11.3. The molecule has 0 spiro atoms. The van der Waals surface area contributed by atoms with Gasteiger partial charge in [0.25, 0.3) is 0 Å². The van der Waals surface area contributed by atoms with Gasteiger partial charge in [0, 0.05) is 6.42 Å². The van der Waals surface area contributed by atoms with E-state index >= 15 is 0 Å². The van der Waals surface area contributed by atoms with E-state index in [0.717, 1.165) is 16.7 Å². The van der Waals surface area contributed by atoms with E-state index in [1.807, 2.05) is 91.0 Å². The van der Waals surface area contributed by atoms with Gasteiger partial charge >= 0.3 is 6.09 Å². The van der Waals surface area contributed by atoms with Gasteiger partial charge in [0.15, 0.2) is 5.78 Å². The Morgan fingerprint density at radius 1 is 0.721 bits per heavy atom. The monoisotopic (exact) mass is 585 g/mol. The van der Waals surface area contributed by atoms with Crippen LogP contribution in [0.3, 0.4) is 0 Å². The van der Waals surface area contributed by atoms with Crippen LogP contribution >= 0.6 is 0 Å². The molecule has 4 rings (SSSR count). The SMILES string of the molecule is CC(C)[C@@H](NC(=O)OCc1ccccc1)C(=O)N[C@@H](Cc1ccccc1)C(=O)N[C@@H](Cc1ccccc1)C(=O)[C@@]1(C)CO1. The number of benzene rings is 3. The molecule has 0 saturated carbocycles. The van der Waals surface area contributed by atoms with Crippen molar-refractivity contribution in [3.8, 4) is 0 Å². The molecule has 1 saturated heterocycles. The molecule has 1 heterocycles. The number of carbonyl (C=O) groups excluding carboxylic acids is 4. The van der Waals surface area contributed by atoms with E-state index in [1.54, 1.807) is 20.8 Å². The van der Waals surface area contributed by atoms with Crippen LogP contribution in [0.2, 0.25) is 0 Å². The van der Waals surface area contributed by atoms with Gasteiger partial charge in [-0.2, -0.15) is 0 Å². The second kappa shape index (κ2) is 14.6. The lowest BCUT2D eigenvalue weighted by molar-refractivity contribution is -0.133. The summed E-state index contributed by atoms with van der Waals surface area (Å²) in [5.41, 5.74) is 1.57. The Morgan fingerprint density at radius 2 is 1.19 bits per heavy atom. The van der Waals surface area contributed by atoms with Crippen molar-refractivity contribution < 1.29 is 28.7 Å². The van der Waals surface area contributed by atoms with Crippen molar-refractivity contribution in [2.24, 2.45) is 5.92 Å². The van der Waals surface area contributed by atoms with Crippen LogP contribution in [0.1, 0.15) is 37.5 Å². The normalized spacial score (nSPS) is 17.7. The second-order valence-electron chi connectivity index (χ2n) is 11.3. The number of carbonyl (C=O) groups is 4. The van der Waals surface area contributed by atoms with Gasteiger partial charge in [0.2, 0.25) is 11.8 Å². The Balaban J connectivity index is 1.48. The number of alkyl carbamates (subject to hydrolysis) is 1. The molecular formula is C34H39N3O6. The van der Waals surface area contributed by atoms with Gasteiger partial charge in [-0.25, -0.2) is 4.79 Å². The molecule has 3 amide bonds. The number of Topliss-reactive ketones (excluding diaryl/α,β-unsaturated/α-hetero) is 1. The average Bonchev–Trinajstić information content (AvgIpc) is 3.77. The summed E-state index contributed by atoms with van der Waals surface area (Å²) < 4.78 is 10.7. The fourth-order valence-corrected chi connectivity index (χ4v) is 4.70. The van der Waals surface area contributed by atoms with Crippen LogP contribution in [0.15, 0.2) is 91.0 Å². The lowest BCUT2D eigenvalue weighted by atomic mass is 9.94. The molecule has 1 aliphatic heterocycles. The van der Waals surface area contributed by atoms with Crippen LogP contribution in [0, 0.1) is 5.92 Å². The smallest absolute Gasteiger partial charge is 0.408 e. The summed E-state index contributed by atoms with van der Waals surface area (Å²) in [4.78, 5) is 53.3. The van der Waals surface area contributed by atoms with E-state index < -0.39 is 41.6 Å². The third kappa shape index (κ3) is 9.24. The van der Waals surface area contributed by atoms with Crippen LogP contribution < -0.4 is 16.0 Å². The van der Waals surface area contributed by atoms with Crippen LogP contribution in [0.5, 0.6) is 0 Å². The topological polar surface area (TPSA) is 126 Å². The maximum Gasteiger partial charge on any atom is 0.408 e. The third-order valence-corrected chi connectivity index (χ3v) is 7.37. The highest BCUT2D eigenvalue weighted by Crippen LogP contribution is 2.29. The Hall–Kier alpha value is -4.50. The molecule has 43 heavy (non-hydrogen) atoms. The predicted molar refractivity (Wildman–Crippen MR) is 162 cm³/mol. The first-order chi connectivity index (χ1) is 20.6. The van der Waals surface area contributed by atoms with E-state index in [0.29, 0.717) is 6.61 Å². The lowest BCUT2D eigenvalue weighted by Crippen LogP contribution is -2.58. The van der Waals surface area contributed by atoms with Crippen molar-refractivity contribution in [2.75, 3.05) is 6.61 Å². The molecule has 3 N–H and O–H groups in total. The zero-order valence-corrected chi connectivity index (χ0v) is 24.7. The van der Waals surface area contributed by atoms with Crippen LogP contribution in [-0.2, 0) is 43.3 Å². The number of nitrogens with one attached hydrogen (secondary N) is 3. The highest BCUT2D eigenvalue weighted by Gasteiger charge is 2.50. The summed E-state index contributed by atoms with van der Waals surface area (Å²) in [6.07, 6.45) is -0.283. The number of epoxide rings is 1. The molecule has 3 aromatic rings. The summed E-state index contributed by atoms with van der Waals surface area (Å²) in [5.74, 6) is -1.57. The molecule has 3 aromatic carbocycles. The Bertz CT molecular complexity index is 1380.